The van der Waals surface area contributed by atoms with Crippen molar-refractivity contribution in [2.75, 3.05) is 13.7 Å². The fourth-order valence-electron chi connectivity index (χ4n) is 3.30. The number of methoxy groups -OCH3 is 1. The topological polar surface area (TPSA) is 139 Å². The standard InChI is InChI=1S/C22H22N4O6/c1-4-30-22(28)18-13(2)32-20(24)15(11-23)19(18)14-7-5-6-8-17(14)31-12-26-10-9-16(25-26)21(27)29-3/h5-10,19H,4,12,24H2,1-3H3. The van der Waals surface area contributed by atoms with Crippen molar-refractivity contribution in [1.82, 2.24) is 9.78 Å². The average Bonchev–Trinajstić information content (AvgIpc) is 3.26. The summed E-state index contributed by atoms with van der Waals surface area (Å²) in [5.74, 6) is -1.47. The number of allylic oxidation sites excluding steroid dienone is 2. The normalized spacial score (nSPS) is 15.6. The van der Waals surface area contributed by atoms with Gasteiger partial charge < -0.3 is 24.7 Å². The predicted molar refractivity (Wildman–Crippen MR) is 111 cm³/mol. The van der Waals surface area contributed by atoms with Crippen LogP contribution in [0, 0.1) is 11.3 Å². The second-order valence-corrected chi connectivity index (χ2v) is 6.66. The van der Waals surface area contributed by atoms with Crippen LogP contribution in [-0.4, -0.2) is 35.4 Å². The van der Waals surface area contributed by atoms with Gasteiger partial charge in [-0.15, -0.1) is 0 Å². The van der Waals surface area contributed by atoms with E-state index >= 15 is 0 Å². The summed E-state index contributed by atoms with van der Waals surface area (Å²) in [6.45, 7) is 3.40. The van der Waals surface area contributed by atoms with E-state index in [1.54, 1.807) is 44.3 Å². The van der Waals surface area contributed by atoms with Gasteiger partial charge in [0.1, 0.15) is 23.2 Å². The van der Waals surface area contributed by atoms with Crippen LogP contribution in [0.15, 0.2) is 59.3 Å². The molecule has 0 saturated heterocycles. The van der Waals surface area contributed by atoms with E-state index in [2.05, 4.69) is 9.84 Å². The van der Waals surface area contributed by atoms with Gasteiger partial charge in [0.2, 0.25) is 5.88 Å². The first-order chi connectivity index (χ1) is 15.4. The number of nitriles is 1. The highest BCUT2D eigenvalue weighted by molar-refractivity contribution is 5.92. The van der Waals surface area contributed by atoms with Gasteiger partial charge in [0.05, 0.1) is 25.2 Å². The highest BCUT2D eigenvalue weighted by Crippen LogP contribution is 2.42. The van der Waals surface area contributed by atoms with Crippen molar-refractivity contribution in [2.24, 2.45) is 5.73 Å². The lowest BCUT2D eigenvalue weighted by atomic mass is 9.82. The van der Waals surface area contributed by atoms with Crippen LogP contribution in [0.2, 0.25) is 0 Å². The van der Waals surface area contributed by atoms with E-state index in [9.17, 15) is 14.9 Å². The van der Waals surface area contributed by atoms with Crippen molar-refractivity contribution < 1.29 is 28.5 Å². The Kier molecular flexibility index (Phi) is 6.80. The summed E-state index contributed by atoms with van der Waals surface area (Å²) in [5.41, 5.74) is 6.86. The highest BCUT2D eigenvalue weighted by atomic mass is 16.5. The Hall–Kier alpha value is -4.26. The van der Waals surface area contributed by atoms with Crippen molar-refractivity contribution in [3.63, 3.8) is 0 Å². The molecule has 1 aromatic carbocycles. The number of para-hydroxylation sites is 1. The highest BCUT2D eigenvalue weighted by Gasteiger charge is 2.37. The number of esters is 2. The molecule has 1 aliphatic rings. The zero-order chi connectivity index (χ0) is 23.3. The van der Waals surface area contributed by atoms with E-state index < -0.39 is 17.9 Å². The molecule has 166 valence electrons. The molecule has 0 aliphatic carbocycles. The number of ether oxygens (including phenoxy) is 4. The Bertz CT molecular complexity index is 1140. The lowest BCUT2D eigenvalue weighted by Gasteiger charge is -2.28. The first kappa shape index (κ1) is 22.4. The molecule has 3 rings (SSSR count). The number of nitrogens with zero attached hydrogens (tertiary/aromatic N) is 3. The summed E-state index contributed by atoms with van der Waals surface area (Å²) in [7, 11) is 1.27. The number of rotatable bonds is 7. The monoisotopic (exact) mass is 438 g/mol. The van der Waals surface area contributed by atoms with Gasteiger partial charge in [-0.2, -0.15) is 10.4 Å². The van der Waals surface area contributed by atoms with Crippen LogP contribution in [0.25, 0.3) is 0 Å². The smallest absolute Gasteiger partial charge is 0.358 e. The number of nitrogens with two attached hydrogens (primary N) is 1. The van der Waals surface area contributed by atoms with Crippen LogP contribution in [0.4, 0.5) is 0 Å². The molecule has 10 heteroatoms. The number of aromatic nitrogens is 2. The molecular weight excluding hydrogens is 416 g/mol. The average molecular weight is 438 g/mol. The zero-order valence-corrected chi connectivity index (χ0v) is 17.8. The summed E-state index contributed by atoms with van der Waals surface area (Å²) in [6.07, 6.45) is 1.57. The third kappa shape index (κ3) is 4.41. The van der Waals surface area contributed by atoms with Crippen LogP contribution in [-0.2, 0) is 25.7 Å². The minimum Gasteiger partial charge on any atom is -0.471 e. The number of benzene rings is 1. The summed E-state index contributed by atoms with van der Waals surface area (Å²) in [6, 6.07) is 10.5. The molecule has 2 heterocycles. The largest absolute Gasteiger partial charge is 0.471 e. The minimum absolute atomic E-state index is 0.0320. The fraction of sp³-hybridized carbons (Fsp3) is 0.273. The van der Waals surface area contributed by atoms with Gasteiger partial charge in [0, 0.05) is 11.8 Å². The second-order valence-electron chi connectivity index (χ2n) is 6.66. The van der Waals surface area contributed by atoms with Gasteiger partial charge in [-0.1, -0.05) is 18.2 Å². The molecule has 32 heavy (non-hydrogen) atoms. The molecule has 0 saturated carbocycles. The van der Waals surface area contributed by atoms with Gasteiger partial charge >= 0.3 is 11.9 Å². The van der Waals surface area contributed by atoms with E-state index in [-0.39, 0.29) is 41.8 Å². The van der Waals surface area contributed by atoms with Gasteiger partial charge in [0.15, 0.2) is 12.4 Å². The fourth-order valence-corrected chi connectivity index (χ4v) is 3.30. The van der Waals surface area contributed by atoms with Crippen molar-refractivity contribution in [1.29, 1.82) is 5.26 Å². The lowest BCUT2D eigenvalue weighted by molar-refractivity contribution is -0.139. The maximum absolute atomic E-state index is 12.7. The van der Waals surface area contributed by atoms with E-state index in [0.717, 1.165) is 0 Å². The molecule has 1 aromatic heterocycles. The first-order valence-electron chi connectivity index (χ1n) is 9.70. The third-order valence-electron chi connectivity index (χ3n) is 4.72. The molecule has 0 fully saturated rings. The molecule has 0 bridgehead atoms. The van der Waals surface area contributed by atoms with Crippen molar-refractivity contribution in [2.45, 2.75) is 26.5 Å². The van der Waals surface area contributed by atoms with Crippen LogP contribution >= 0.6 is 0 Å². The summed E-state index contributed by atoms with van der Waals surface area (Å²) >= 11 is 0. The molecule has 1 aliphatic heterocycles. The van der Waals surface area contributed by atoms with Gasteiger partial charge in [0.25, 0.3) is 0 Å². The van der Waals surface area contributed by atoms with Gasteiger partial charge in [-0.25, -0.2) is 14.3 Å². The van der Waals surface area contributed by atoms with Gasteiger partial charge in [-0.05, 0) is 26.0 Å². The van der Waals surface area contributed by atoms with E-state index in [1.807, 2.05) is 6.07 Å². The SMILES string of the molecule is CCOC(=O)C1=C(C)OC(N)=C(C#N)C1c1ccccc1OCn1ccc(C(=O)OC)n1. The van der Waals surface area contributed by atoms with Crippen molar-refractivity contribution in [3.05, 3.63) is 70.6 Å². The maximum Gasteiger partial charge on any atom is 0.358 e. The Morgan fingerprint density at radius 2 is 2.03 bits per heavy atom. The molecule has 2 aromatic rings. The van der Waals surface area contributed by atoms with Crippen LogP contribution in [0.1, 0.15) is 35.8 Å². The maximum atomic E-state index is 12.7. The number of carbonyl (C=O) groups is 2. The van der Waals surface area contributed by atoms with Crippen LogP contribution in [0.3, 0.4) is 0 Å². The first-order valence-corrected chi connectivity index (χ1v) is 9.70. The Labute approximate surface area is 184 Å². The summed E-state index contributed by atoms with van der Waals surface area (Å²) in [5, 5.41) is 13.8. The molecule has 10 nitrogen and oxygen atoms in total. The molecule has 1 unspecified atom stereocenters. The molecule has 1 atom stereocenters. The molecule has 0 amide bonds. The quantitative estimate of drug-likeness (QED) is 0.645. The van der Waals surface area contributed by atoms with Crippen LogP contribution < -0.4 is 10.5 Å². The van der Waals surface area contributed by atoms with Crippen molar-refractivity contribution in [3.8, 4) is 11.8 Å². The number of hydrogen-bond donors (Lipinski definition) is 1. The van der Waals surface area contributed by atoms with Crippen molar-refractivity contribution >= 4 is 11.9 Å². The Balaban J connectivity index is 1.98. The van der Waals surface area contributed by atoms with Crippen LogP contribution in [0.5, 0.6) is 5.75 Å². The minimum atomic E-state index is -0.841. The predicted octanol–water partition coefficient (Wildman–Crippen LogP) is 2.35. The third-order valence-corrected chi connectivity index (χ3v) is 4.72. The molecular formula is C22H22N4O6. The second kappa shape index (κ2) is 9.70. The molecule has 0 spiro atoms. The number of carbonyl (C=O) groups excluding carboxylic acids is 2. The summed E-state index contributed by atoms with van der Waals surface area (Å²) < 4.78 is 22.6. The van der Waals surface area contributed by atoms with Gasteiger partial charge in [-0.3, -0.25) is 0 Å². The molecule has 2 N–H and O–H groups in total. The number of hydrogen-bond acceptors (Lipinski definition) is 9. The van der Waals surface area contributed by atoms with E-state index in [0.29, 0.717) is 11.3 Å². The zero-order valence-electron chi connectivity index (χ0n) is 17.8. The van der Waals surface area contributed by atoms with E-state index in [1.165, 1.54) is 17.9 Å². The lowest BCUT2D eigenvalue weighted by Crippen LogP contribution is -2.26. The Morgan fingerprint density at radius 3 is 2.72 bits per heavy atom. The molecule has 0 radical (unpaired) electrons. The Morgan fingerprint density at radius 1 is 1.28 bits per heavy atom. The van der Waals surface area contributed by atoms with E-state index in [4.69, 9.17) is 19.9 Å². The summed E-state index contributed by atoms with van der Waals surface area (Å²) in [4.78, 5) is 24.3.